The number of imidazole rings is 1. The number of thiol groups is 2. The third kappa shape index (κ3) is 4.84. The first-order valence-corrected chi connectivity index (χ1v) is 14.3. The summed E-state index contributed by atoms with van der Waals surface area (Å²) in [4.78, 5) is 8.31. The van der Waals surface area contributed by atoms with Gasteiger partial charge in [-0.25, -0.2) is 0 Å². The maximum absolute atomic E-state index is 6.07. The lowest BCUT2D eigenvalue weighted by atomic mass is 9.88. The van der Waals surface area contributed by atoms with Crippen molar-refractivity contribution in [1.82, 2.24) is 18.7 Å². The molecule has 6 nitrogen and oxygen atoms in total. The van der Waals surface area contributed by atoms with Crippen LogP contribution in [0.3, 0.4) is 0 Å². The van der Waals surface area contributed by atoms with E-state index in [1.165, 1.54) is 16.7 Å². The number of hydrogen-bond acceptors (Lipinski definition) is 7. The molecule has 0 amide bonds. The Morgan fingerprint density at radius 2 is 1.23 bits per heavy atom. The summed E-state index contributed by atoms with van der Waals surface area (Å²) in [5, 5.41) is 0. The Balaban J connectivity index is 1.39. The molecule has 202 valence electrons. The van der Waals surface area contributed by atoms with Crippen LogP contribution in [0.15, 0.2) is 110 Å². The van der Waals surface area contributed by atoms with E-state index in [1.54, 1.807) is 0 Å². The van der Waals surface area contributed by atoms with Gasteiger partial charge in [-0.3, -0.25) is 4.57 Å². The van der Waals surface area contributed by atoms with Crippen molar-refractivity contribution < 1.29 is 0 Å². The van der Waals surface area contributed by atoms with Crippen molar-refractivity contribution in [3.05, 3.63) is 142 Å². The fourth-order valence-corrected chi connectivity index (χ4v) is 5.86. The molecule has 3 heterocycles. The van der Waals surface area contributed by atoms with E-state index in [4.69, 9.17) is 37.5 Å². The minimum absolute atomic E-state index is 0.405. The molecule has 0 N–H and O–H groups in total. The molecule has 3 aromatic carbocycles. The van der Waals surface area contributed by atoms with Crippen molar-refractivity contribution in [1.29, 1.82) is 0 Å². The second kappa shape index (κ2) is 10.8. The van der Waals surface area contributed by atoms with E-state index in [9.17, 15) is 0 Å². The monoisotopic (exact) mass is 580 g/mol. The van der Waals surface area contributed by atoms with Crippen LogP contribution in [0.5, 0.6) is 0 Å². The van der Waals surface area contributed by atoms with Crippen molar-refractivity contribution in [2.75, 3.05) is 9.80 Å². The Bertz CT molecular complexity index is 1540. The van der Waals surface area contributed by atoms with Gasteiger partial charge in [0.2, 0.25) is 0 Å². The number of anilines is 2. The van der Waals surface area contributed by atoms with Gasteiger partial charge >= 0.3 is 0 Å². The Kier molecular flexibility index (Phi) is 7.25. The first-order valence-electron chi connectivity index (χ1n) is 13.0. The molecule has 0 spiro atoms. The summed E-state index contributed by atoms with van der Waals surface area (Å²) in [6.07, 6.45) is 12.1. The SMILES string of the molecule is Cc1ccc(N2C=CN([B-](N3C=CN(c4ccc(C)cc4)[C-]3S)n3ccn(-c4ccc(C)cc4)c3=S)[C]2S)cc1. The van der Waals surface area contributed by atoms with Gasteiger partial charge in [-0.05, 0) is 88.0 Å². The molecule has 0 bridgehead atoms. The van der Waals surface area contributed by atoms with Crippen LogP contribution in [0.25, 0.3) is 5.69 Å². The van der Waals surface area contributed by atoms with Gasteiger partial charge in [-0.2, -0.15) is 0 Å². The van der Waals surface area contributed by atoms with Crippen LogP contribution in [0.1, 0.15) is 16.7 Å². The van der Waals surface area contributed by atoms with E-state index >= 15 is 0 Å². The second-order valence-corrected chi connectivity index (χ2v) is 11.1. The van der Waals surface area contributed by atoms with Crippen LogP contribution < -0.4 is 9.80 Å². The van der Waals surface area contributed by atoms with Gasteiger partial charge in [0, 0.05) is 29.5 Å². The predicted octanol–water partition coefficient (Wildman–Crippen LogP) is 7.11. The lowest BCUT2D eigenvalue weighted by Gasteiger charge is -2.59. The summed E-state index contributed by atoms with van der Waals surface area (Å²) in [5.74, 6) is 0. The van der Waals surface area contributed by atoms with Gasteiger partial charge in [0.15, 0.2) is 12.6 Å². The molecule has 0 saturated carbocycles. The van der Waals surface area contributed by atoms with Crippen LogP contribution in [0.4, 0.5) is 11.4 Å². The Morgan fingerprint density at radius 3 is 1.82 bits per heavy atom. The minimum atomic E-state index is -0.405. The molecule has 0 aliphatic carbocycles. The zero-order valence-corrected chi connectivity index (χ0v) is 25.1. The summed E-state index contributed by atoms with van der Waals surface area (Å²) in [7, 11) is -0.405. The van der Waals surface area contributed by atoms with Crippen LogP contribution in [0, 0.1) is 36.5 Å². The van der Waals surface area contributed by atoms with E-state index in [1.807, 2.05) is 41.8 Å². The third-order valence-corrected chi connectivity index (χ3v) is 8.43. The molecule has 10 heteroatoms. The van der Waals surface area contributed by atoms with Gasteiger partial charge in [-0.1, -0.05) is 59.3 Å². The maximum atomic E-state index is 6.07. The molecule has 2 aliphatic heterocycles. The first kappa shape index (κ1) is 26.7. The van der Waals surface area contributed by atoms with Gasteiger partial charge in [0.1, 0.15) is 4.77 Å². The van der Waals surface area contributed by atoms with Crippen LogP contribution in [0.2, 0.25) is 0 Å². The number of aromatic nitrogens is 2. The molecular weight excluding hydrogens is 551 g/mol. The highest BCUT2D eigenvalue weighted by Gasteiger charge is 2.29. The van der Waals surface area contributed by atoms with E-state index in [0.717, 1.165) is 28.1 Å². The highest BCUT2D eigenvalue weighted by atomic mass is 32.1. The maximum Gasteiger partial charge on any atom is 0.176 e. The van der Waals surface area contributed by atoms with E-state index in [2.05, 4.69) is 117 Å². The summed E-state index contributed by atoms with van der Waals surface area (Å²) in [6.45, 7) is 6.25. The second-order valence-electron chi connectivity index (χ2n) is 9.96. The quantitative estimate of drug-likeness (QED) is 0.110. The van der Waals surface area contributed by atoms with Gasteiger partial charge in [0.05, 0.1) is 0 Å². The summed E-state index contributed by atoms with van der Waals surface area (Å²) < 4.78 is 4.74. The summed E-state index contributed by atoms with van der Waals surface area (Å²) in [6, 6.07) is 25.1. The smallest absolute Gasteiger partial charge is 0.176 e. The molecule has 2 aliphatic rings. The first-order chi connectivity index (χ1) is 19.3. The standard InChI is InChI=1S/C30H29BN6S3/c1-22-4-10-25(11-5-22)32-16-19-35(28(32)38)31(36-20-17-33(29(36)39)26-12-6-23(2)7-13-26)37-21-18-34(30(37)40)27-14-8-24(3)9-15-27/h4-21,38-39H,1-3H3/q-2. The van der Waals surface area contributed by atoms with Crippen LogP contribution >= 0.6 is 37.5 Å². The van der Waals surface area contributed by atoms with Crippen molar-refractivity contribution in [3.8, 4) is 5.69 Å². The van der Waals surface area contributed by atoms with E-state index in [-0.39, 0.29) is 0 Å². The highest BCUT2D eigenvalue weighted by molar-refractivity contribution is 7.83. The van der Waals surface area contributed by atoms with Crippen molar-refractivity contribution in [2.24, 2.45) is 0 Å². The van der Waals surface area contributed by atoms with Crippen molar-refractivity contribution in [3.63, 3.8) is 0 Å². The topological polar surface area (TPSA) is 22.8 Å². The molecule has 4 aromatic rings. The number of hydrogen-bond donors (Lipinski definition) is 2. The molecule has 6 rings (SSSR count). The molecular formula is C30H29BN6S3-2. The van der Waals surface area contributed by atoms with Crippen LogP contribution in [-0.2, 0) is 0 Å². The minimum Gasteiger partial charge on any atom is -0.661 e. The highest BCUT2D eigenvalue weighted by Crippen LogP contribution is 2.38. The lowest BCUT2D eigenvalue weighted by molar-refractivity contribution is 0.547. The number of benzene rings is 3. The average Bonchev–Trinajstić information content (AvgIpc) is 3.64. The average molecular weight is 581 g/mol. The van der Waals surface area contributed by atoms with Gasteiger partial charge < -0.3 is 36.5 Å². The Labute approximate surface area is 252 Å². The molecule has 0 unspecified atom stereocenters. The van der Waals surface area contributed by atoms with Crippen molar-refractivity contribution >= 4 is 56.0 Å². The largest absolute Gasteiger partial charge is 0.661 e. The number of nitrogens with zero attached hydrogens (tertiary/aromatic N) is 6. The van der Waals surface area contributed by atoms with Gasteiger partial charge in [0.25, 0.3) is 0 Å². The molecule has 40 heavy (non-hydrogen) atoms. The Hall–Kier alpha value is -3.47. The number of aryl methyl sites for hydroxylation is 3. The normalized spacial score (nSPS) is 15.8. The summed E-state index contributed by atoms with van der Waals surface area (Å²) in [5.41, 5.74) is 8.19. The predicted molar refractivity (Wildman–Crippen MR) is 174 cm³/mol. The lowest BCUT2D eigenvalue weighted by Crippen LogP contribution is -2.55. The Morgan fingerprint density at radius 1 is 0.675 bits per heavy atom. The molecule has 2 radical (unpaired) electrons. The van der Waals surface area contributed by atoms with E-state index < -0.39 is 7.12 Å². The third-order valence-electron chi connectivity index (χ3n) is 7.13. The zero-order chi connectivity index (χ0) is 28.0. The molecule has 0 saturated heterocycles. The summed E-state index contributed by atoms with van der Waals surface area (Å²) >= 11 is 16.1. The number of rotatable bonds is 6. The van der Waals surface area contributed by atoms with Gasteiger partial charge in [-0.15, -0.1) is 18.1 Å². The zero-order valence-electron chi connectivity index (χ0n) is 22.5. The van der Waals surface area contributed by atoms with E-state index in [0.29, 0.717) is 4.77 Å². The molecule has 0 atom stereocenters. The fourth-order valence-electron chi connectivity index (χ4n) is 4.84. The fraction of sp³-hybridized carbons (Fsp3) is 0.100. The molecule has 1 aromatic heterocycles. The van der Waals surface area contributed by atoms with Crippen molar-refractivity contribution in [2.45, 2.75) is 20.8 Å². The molecule has 0 fully saturated rings. The van der Waals surface area contributed by atoms with Crippen LogP contribution in [-0.4, -0.2) is 25.8 Å².